The molecule has 2 N–H and O–H groups in total. The SMILES string of the molecule is COc1nc(C)cc(C)c1CNC(=O)c1ccc([C@@H]2CCCNC2)cc1. The molecule has 1 amide bonds. The van der Waals surface area contributed by atoms with Crippen LogP contribution < -0.4 is 15.4 Å². The average molecular weight is 353 g/mol. The number of carbonyl (C=O) groups is 1. The molecule has 0 spiro atoms. The van der Waals surface area contributed by atoms with Gasteiger partial charge in [0.1, 0.15) is 0 Å². The molecular formula is C21H27N3O2. The summed E-state index contributed by atoms with van der Waals surface area (Å²) in [5, 5.41) is 6.41. The second kappa shape index (κ2) is 8.32. The maximum Gasteiger partial charge on any atom is 0.251 e. The molecule has 0 radical (unpaired) electrons. The number of carbonyl (C=O) groups excluding carboxylic acids is 1. The van der Waals surface area contributed by atoms with Crippen molar-refractivity contribution >= 4 is 5.91 Å². The van der Waals surface area contributed by atoms with Crippen molar-refractivity contribution in [2.24, 2.45) is 0 Å². The van der Waals surface area contributed by atoms with Gasteiger partial charge in [0, 0.05) is 29.9 Å². The summed E-state index contributed by atoms with van der Waals surface area (Å²) in [7, 11) is 1.60. The highest BCUT2D eigenvalue weighted by Gasteiger charge is 2.16. The average Bonchev–Trinajstić information content (AvgIpc) is 2.67. The van der Waals surface area contributed by atoms with Crippen LogP contribution in [0, 0.1) is 13.8 Å². The molecule has 2 heterocycles. The van der Waals surface area contributed by atoms with E-state index in [4.69, 9.17) is 4.74 Å². The molecule has 0 saturated carbocycles. The van der Waals surface area contributed by atoms with E-state index in [0.29, 0.717) is 23.9 Å². The van der Waals surface area contributed by atoms with E-state index in [1.807, 2.05) is 32.0 Å². The van der Waals surface area contributed by atoms with E-state index < -0.39 is 0 Å². The van der Waals surface area contributed by atoms with Crippen molar-refractivity contribution in [3.63, 3.8) is 0 Å². The predicted molar refractivity (Wildman–Crippen MR) is 103 cm³/mol. The van der Waals surface area contributed by atoms with E-state index in [-0.39, 0.29) is 5.91 Å². The van der Waals surface area contributed by atoms with Gasteiger partial charge in [0.05, 0.1) is 7.11 Å². The van der Waals surface area contributed by atoms with Gasteiger partial charge in [-0.05, 0) is 68.5 Å². The molecule has 1 aliphatic rings. The van der Waals surface area contributed by atoms with Crippen molar-refractivity contribution in [2.75, 3.05) is 20.2 Å². The number of nitrogens with zero attached hydrogens (tertiary/aromatic N) is 1. The highest BCUT2D eigenvalue weighted by Crippen LogP contribution is 2.24. The number of hydrogen-bond acceptors (Lipinski definition) is 4. The Morgan fingerprint density at radius 1 is 1.31 bits per heavy atom. The van der Waals surface area contributed by atoms with Crippen LogP contribution in [0.25, 0.3) is 0 Å². The lowest BCUT2D eigenvalue weighted by Gasteiger charge is -2.23. The molecule has 0 aliphatic carbocycles. The topological polar surface area (TPSA) is 63.2 Å². The van der Waals surface area contributed by atoms with Gasteiger partial charge in [-0.1, -0.05) is 12.1 Å². The summed E-state index contributed by atoms with van der Waals surface area (Å²) < 4.78 is 5.36. The van der Waals surface area contributed by atoms with Gasteiger partial charge in [-0.2, -0.15) is 0 Å². The number of benzene rings is 1. The van der Waals surface area contributed by atoms with Gasteiger partial charge in [0.25, 0.3) is 5.91 Å². The fourth-order valence-corrected chi connectivity index (χ4v) is 3.53. The van der Waals surface area contributed by atoms with Crippen LogP contribution in [0.4, 0.5) is 0 Å². The molecule has 138 valence electrons. The highest BCUT2D eigenvalue weighted by atomic mass is 16.5. The van der Waals surface area contributed by atoms with E-state index in [9.17, 15) is 4.79 Å². The second-order valence-corrected chi connectivity index (χ2v) is 6.92. The van der Waals surface area contributed by atoms with Crippen LogP contribution >= 0.6 is 0 Å². The molecule has 2 aromatic rings. The minimum absolute atomic E-state index is 0.0830. The summed E-state index contributed by atoms with van der Waals surface area (Å²) in [4.78, 5) is 16.9. The molecule has 1 aliphatic heterocycles. The van der Waals surface area contributed by atoms with E-state index >= 15 is 0 Å². The van der Waals surface area contributed by atoms with Crippen LogP contribution in [-0.4, -0.2) is 31.1 Å². The zero-order valence-corrected chi connectivity index (χ0v) is 15.8. The first kappa shape index (κ1) is 18.4. The lowest BCUT2D eigenvalue weighted by Crippen LogP contribution is -2.28. The maximum absolute atomic E-state index is 12.5. The standard InChI is InChI=1S/C21H27N3O2/c1-14-11-15(2)24-21(26-3)19(14)13-23-20(25)17-8-6-16(7-9-17)18-5-4-10-22-12-18/h6-9,11,18,22H,4-5,10,12-13H2,1-3H3,(H,23,25)/t18-/m1/s1. The van der Waals surface area contributed by atoms with E-state index in [2.05, 4.69) is 27.8 Å². The van der Waals surface area contributed by atoms with Crippen LogP contribution in [0.5, 0.6) is 5.88 Å². The van der Waals surface area contributed by atoms with Crippen molar-refractivity contribution in [1.29, 1.82) is 0 Å². The first-order chi connectivity index (χ1) is 12.6. The molecule has 1 saturated heterocycles. The van der Waals surface area contributed by atoms with Crippen molar-refractivity contribution in [3.8, 4) is 5.88 Å². The highest BCUT2D eigenvalue weighted by molar-refractivity contribution is 5.94. The van der Waals surface area contributed by atoms with Crippen LogP contribution in [0.1, 0.15) is 51.5 Å². The Bertz CT molecular complexity index is 766. The summed E-state index contributed by atoms with van der Waals surface area (Å²) in [5.74, 6) is 1.04. The quantitative estimate of drug-likeness (QED) is 0.867. The van der Waals surface area contributed by atoms with E-state index in [0.717, 1.165) is 29.9 Å². The third-order valence-electron chi connectivity index (χ3n) is 5.00. The van der Waals surface area contributed by atoms with Gasteiger partial charge in [-0.15, -0.1) is 0 Å². The van der Waals surface area contributed by atoms with Crippen LogP contribution in [0.3, 0.4) is 0 Å². The number of hydrogen-bond donors (Lipinski definition) is 2. The Balaban J connectivity index is 1.65. The molecule has 1 fully saturated rings. The summed E-state index contributed by atoms with van der Waals surface area (Å²) >= 11 is 0. The predicted octanol–water partition coefficient (Wildman–Crippen LogP) is 3.10. The van der Waals surface area contributed by atoms with Gasteiger partial charge in [-0.25, -0.2) is 4.98 Å². The minimum atomic E-state index is -0.0830. The van der Waals surface area contributed by atoms with Gasteiger partial charge in [0.2, 0.25) is 5.88 Å². The van der Waals surface area contributed by atoms with E-state index in [1.165, 1.54) is 18.4 Å². The van der Waals surface area contributed by atoms with Crippen LogP contribution in [-0.2, 0) is 6.54 Å². The molecule has 3 rings (SSSR count). The molecule has 0 unspecified atom stereocenters. The second-order valence-electron chi connectivity index (χ2n) is 6.92. The molecule has 1 atom stereocenters. The number of methoxy groups -OCH3 is 1. The van der Waals surface area contributed by atoms with E-state index in [1.54, 1.807) is 7.11 Å². The smallest absolute Gasteiger partial charge is 0.251 e. The first-order valence-corrected chi connectivity index (χ1v) is 9.18. The number of pyridine rings is 1. The Labute approximate surface area is 155 Å². The molecule has 5 nitrogen and oxygen atoms in total. The Morgan fingerprint density at radius 2 is 2.08 bits per heavy atom. The zero-order chi connectivity index (χ0) is 18.5. The fourth-order valence-electron chi connectivity index (χ4n) is 3.53. The summed E-state index contributed by atoms with van der Waals surface area (Å²) in [6.07, 6.45) is 2.41. The number of nitrogens with one attached hydrogen (secondary N) is 2. The largest absolute Gasteiger partial charge is 0.481 e. The molecule has 0 bridgehead atoms. The monoisotopic (exact) mass is 353 g/mol. The third kappa shape index (κ3) is 4.22. The molecule has 26 heavy (non-hydrogen) atoms. The third-order valence-corrected chi connectivity index (χ3v) is 5.00. The summed E-state index contributed by atoms with van der Waals surface area (Å²) in [6, 6.07) is 9.97. The molecular weight excluding hydrogens is 326 g/mol. The molecule has 5 heteroatoms. The molecule has 1 aromatic carbocycles. The lowest BCUT2D eigenvalue weighted by molar-refractivity contribution is 0.0950. The van der Waals surface area contributed by atoms with Crippen molar-refractivity contribution in [2.45, 2.75) is 39.2 Å². The Morgan fingerprint density at radius 3 is 2.73 bits per heavy atom. The lowest BCUT2D eigenvalue weighted by atomic mass is 9.91. The summed E-state index contributed by atoms with van der Waals surface area (Å²) in [5.41, 5.74) is 4.86. The summed E-state index contributed by atoms with van der Waals surface area (Å²) in [6.45, 7) is 6.46. The number of rotatable bonds is 5. The number of ether oxygens (including phenoxy) is 1. The molecule has 1 aromatic heterocycles. The maximum atomic E-state index is 12.5. The van der Waals surface area contributed by atoms with Crippen molar-refractivity contribution < 1.29 is 9.53 Å². The number of amides is 1. The zero-order valence-electron chi connectivity index (χ0n) is 15.8. The Hall–Kier alpha value is -2.40. The van der Waals surface area contributed by atoms with Gasteiger partial charge in [0.15, 0.2) is 0 Å². The van der Waals surface area contributed by atoms with Gasteiger partial charge in [-0.3, -0.25) is 4.79 Å². The van der Waals surface area contributed by atoms with Crippen molar-refractivity contribution in [1.82, 2.24) is 15.6 Å². The number of aryl methyl sites for hydroxylation is 2. The van der Waals surface area contributed by atoms with Crippen LogP contribution in [0.15, 0.2) is 30.3 Å². The van der Waals surface area contributed by atoms with Crippen LogP contribution in [0.2, 0.25) is 0 Å². The van der Waals surface area contributed by atoms with Gasteiger partial charge >= 0.3 is 0 Å². The van der Waals surface area contributed by atoms with Gasteiger partial charge < -0.3 is 15.4 Å². The van der Waals surface area contributed by atoms with Crippen molar-refractivity contribution in [3.05, 3.63) is 58.3 Å². The fraction of sp³-hybridized carbons (Fsp3) is 0.429. The minimum Gasteiger partial charge on any atom is -0.481 e. The number of aromatic nitrogens is 1. The Kier molecular flexibility index (Phi) is 5.89. The first-order valence-electron chi connectivity index (χ1n) is 9.18. The normalized spacial score (nSPS) is 17.0. The number of piperidine rings is 1.